The molecule has 0 amide bonds. The van der Waals surface area contributed by atoms with Crippen molar-refractivity contribution in [1.82, 2.24) is 0 Å². The van der Waals surface area contributed by atoms with Gasteiger partial charge in [-0.25, -0.2) is 4.79 Å². The molecule has 0 unspecified atom stereocenters. The van der Waals surface area contributed by atoms with E-state index in [4.69, 9.17) is 9.31 Å². The van der Waals surface area contributed by atoms with Crippen LogP contribution in [0.5, 0.6) is 0 Å². The van der Waals surface area contributed by atoms with Gasteiger partial charge in [0.25, 0.3) is 0 Å². The van der Waals surface area contributed by atoms with Crippen LogP contribution in [-0.2, 0) is 15.7 Å². The number of aryl methyl sites for hydroxylation is 1. The third-order valence-corrected chi connectivity index (χ3v) is 3.05. The molecule has 1 aliphatic rings. The monoisotopic (exact) mass is 248 g/mol. The molecule has 1 fully saturated rings. The van der Waals surface area contributed by atoms with Crippen molar-refractivity contribution in [3.05, 3.63) is 29.3 Å². The summed E-state index contributed by atoms with van der Waals surface area (Å²) in [7, 11) is -0.581. The first-order chi connectivity index (χ1) is 8.44. The van der Waals surface area contributed by atoms with Crippen LogP contribution in [0.2, 0.25) is 0 Å². The Balaban J connectivity index is 2.45. The Hall–Kier alpha value is -1.33. The van der Waals surface area contributed by atoms with Gasteiger partial charge in [0.05, 0.1) is 17.8 Å². The van der Waals surface area contributed by atoms with Crippen molar-refractivity contribution in [3.8, 4) is 0 Å². The van der Waals surface area contributed by atoms with E-state index in [1.54, 1.807) is 12.1 Å². The first-order valence-corrected chi connectivity index (χ1v) is 6.09. The molecule has 0 aromatic heterocycles. The zero-order valence-corrected chi connectivity index (χ0v) is 10.9. The molecule has 1 aromatic carbocycles. The Morgan fingerprint density at radius 1 is 1.50 bits per heavy atom. The first-order valence-electron chi connectivity index (χ1n) is 6.09. The van der Waals surface area contributed by atoms with Crippen molar-refractivity contribution in [1.29, 1.82) is 0 Å². The Morgan fingerprint density at radius 2 is 2.22 bits per heavy atom. The molecule has 5 heteroatoms. The summed E-state index contributed by atoms with van der Waals surface area (Å²) in [5.41, 5.74) is 1.49. The van der Waals surface area contributed by atoms with Crippen LogP contribution in [0.25, 0.3) is 0 Å². The molecular weight excluding hydrogens is 231 g/mol. The second kappa shape index (κ2) is 4.74. The smallest absolute Gasteiger partial charge is 0.478 e. The predicted octanol–water partition coefficient (Wildman–Crippen LogP) is 1.47. The Bertz CT molecular complexity index is 470. The van der Waals surface area contributed by atoms with E-state index in [0.717, 1.165) is 12.0 Å². The maximum atomic E-state index is 11.3. The summed E-state index contributed by atoms with van der Waals surface area (Å²) >= 11 is 0. The molecule has 1 saturated heterocycles. The fourth-order valence-electron chi connectivity index (χ4n) is 2.16. The van der Waals surface area contributed by atoms with Crippen LogP contribution in [0.4, 0.5) is 0 Å². The van der Waals surface area contributed by atoms with E-state index in [2.05, 4.69) is 0 Å². The molecule has 1 aromatic rings. The van der Waals surface area contributed by atoms with Gasteiger partial charge in [0.15, 0.2) is 0 Å². The fourth-order valence-corrected chi connectivity index (χ4v) is 2.16. The number of carboxylic acid groups (broad SMARTS) is 1. The molecule has 4 nitrogen and oxygen atoms in total. The highest BCUT2D eigenvalue weighted by molar-refractivity contribution is 6.64. The van der Waals surface area contributed by atoms with E-state index in [9.17, 15) is 9.90 Å². The third kappa shape index (κ3) is 2.42. The van der Waals surface area contributed by atoms with Gasteiger partial charge in [-0.1, -0.05) is 19.1 Å². The van der Waals surface area contributed by atoms with Gasteiger partial charge in [0.1, 0.15) is 0 Å². The minimum Gasteiger partial charge on any atom is -0.478 e. The van der Waals surface area contributed by atoms with E-state index in [1.807, 2.05) is 26.8 Å². The first kappa shape index (κ1) is 13.1. The summed E-state index contributed by atoms with van der Waals surface area (Å²) in [5, 5.41) is 9.26. The zero-order chi connectivity index (χ0) is 13.3. The molecule has 0 spiro atoms. The number of carbonyl (C=O) groups is 1. The van der Waals surface area contributed by atoms with Crippen LogP contribution in [0.3, 0.4) is 0 Å². The molecule has 96 valence electrons. The van der Waals surface area contributed by atoms with Gasteiger partial charge < -0.3 is 14.4 Å². The van der Waals surface area contributed by atoms with Crippen LogP contribution < -0.4 is 5.46 Å². The normalized spacial score (nSPS) is 18.1. The molecule has 1 heterocycles. The summed E-state index contributed by atoms with van der Waals surface area (Å²) in [5.74, 6) is -0.947. The molecule has 0 atom stereocenters. The fraction of sp³-hybridized carbons (Fsp3) is 0.462. The minimum absolute atomic E-state index is 0.261. The SMILES string of the molecule is CCc1cccc(C(=O)O)c1B1OCC(C)(C)O1. The number of hydrogen-bond acceptors (Lipinski definition) is 3. The summed E-state index contributed by atoms with van der Waals surface area (Å²) in [6.45, 7) is 6.32. The van der Waals surface area contributed by atoms with Crippen molar-refractivity contribution in [2.75, 3.05) is 6.61 Å². The Morgan fingerprint density at radius 3 is 2.72 bits per heavy atom. The van der Waals surface area contributed by atoms with Crippen LogP contribution in [0.15, 0.2) is 18.2 Å². The summed E-state index contributed by atoms with van der Waals surface area (Å²) in [6.07, 6.45) is 0.750. The topological polar surface area (TPSA) is 55.8 Å². The lowest BCUT2D eigenvalue weighted by atomic mass is 9.72. The molecular formula is C13H17BO4. The summed E-state index contributed by atoms with van der Waals surface area (Å²) < 4.78 is 11.4. The lowest BCUT2D eigenvalue weighted by Crippen LogP contribution is -2.40. The highest BCUT2D eigenvalue weighted by atomic mass is 16.7. The van der Waals surface area contributed by atoms with E-state index in [0.29, 0.717) is 12.1 Å². The molecule has 0 radical (unpaired) electrons. The van der Waals surface area contributed by atoms with E-state index in [1.165, 1.54) is 0 Å². The van der Waals surface area contributed by atoms with Gasteiger partial charge in [-0.2, -0.15) is 0 Å². The summed E-state index contributed by atoms with van der Waals surface area (Å²) in [6, 6.07) is 5.26. The quantitative estimate of drug-likeness (QED) is 0.823. The lowest BCUT2D eigenvalue weighted by molar-refractivity contribution is 0.0697. The Labute approximate surface area is 107 Å². The average Bonchev–Trinajstić information content (AvgIpc) is 2.68. The average molecular weight is 248 g/mol. The maximum absolute atomic E-state index is 11.3. The van der Waals surface area contributed by atoms with E-state index in [-0.39, 0.29) is 11.2 Å². The van der Waals surface area contributed by atoms with Crippen molar-refractivity contribution in [2.45, 2.75) is 32.8 Å². The number of aromatic carboxylic acids is 1. The van der Waals surface area contributed by atoms with Gasteiger partial charge >= 0.3 is 13.1 Å². The number of benzene rings is 1. The van der Waals surface area contributed by atoms with Gasteiger partial charge in [0, 0.05) is 5.46 Å². The largest absolute Gasteiger partial charge is 0.495 e. The highest BCUT2D eigenvalue weighted by Crippen LogP contribution is 2.21. The van der Waals surface area contributed by atoms with Crippen molar-refractivity contribution < 1.29 is 19.2 Å². The van der Waals surface area contributed by atoms with Gasteiger partial charge in [-0.15, -0.1) is 0 Å². The lowest BCUT2D eigenvalue weighted by Gasteiger charge is -2.17. The van der Waals surface area contributed by atoms with Crippen LogP contribution >= 0.6 is 0 Å². The minimum atomic E-state index is -0.947. The van der Waals surface area contributed by atoms with Crippen LogP contribution in [0.1, 0.15) is 36.7 Å². The van der Waals surface area contributed by atoms with Gasteiger partial charge in [-0.3, -0.25) is 0 Å². The molecule has 2 rings (SSSR count). The second-order valence-electron chi connectivity index (χ2n) is 5.06. The Kier molecular flexibility index (Phi) is 3.46. The van der Waals surface area contributed by atoms with Crippen molar-refractivity contribution in [3.63, 3.8) is 0 Å². The van der Waals surface area contributed by atoms with E-state index >= 15 is 0 Å². The standard InChI is InChI=1S/C13H17BO4/c1-4-9-6-5-7-10(12(15)16)11(9)14-17-8-13(2,3)18-14/h5-7H,4,8H2,1-3H3,(H,15,16). The predicted molar refractivity (Wildman–Crippen MR) is 69.3 cm³/mol. The van der Waals surface area contributed by atoms with Crippen molar-refractivity contribution >= 4 is 18.6 Å². The zero-order valence-electron chi connectivity index (χ0n) is 10.9. The molecule has 1 N–H and O–H groups in total. The molecule has 0 saturated carbocycles. The van der Waals surface area contributed by atoms with E-state index < -0.39 is 13.1 Å². The van der Waals surface area contributed by atoms with Crippen molar-refractivity contribution in [2.24, 2.45) is 0 Å². The molecule has 1 aliphatic heterocycles. The number of carboxylic acids is 1. The number of rotatable bonds is 3. The highest BCUT2D eigenvalue weighted by Gasteiger charge is 2.41. The van der Waals surface area contributed by atoms with Gasteiger partial charge in [0.2, 0.25) is 0 Å². The van der Waals surface area contributed by atoms with Crippen LogP contribution in [0, 0.1) is 0 Å². The third-order valence-electron chi connectivity index (χ3n) is 3.05. The van der Waals surface area contributed by atoms with Gasteiger partial charge in [-0.05, 0) is 31.9 Å². The maximum Gasteiger partial charge on any atom is 0.495 e. The number of hydrogen-bond donors (Lipinski definition) is 1. The molecule has 18 heavy (non-hydrogen) atoms. The second-order valence-corrected chi connectivity index (χ2v) is 5.06. The molecule has 0 bridgehead atoms. The van der Waals surface area contributed by atoms with Crippen LogP contribution in [-0.4, -0.2) is 30.4 Å². The summed E-state index contributed by atoms with van der Waals surface area (Å²) in [4.78, 5) is 11.3. The molecule has 0 aliphatic carbocycles.